The fourth-order valence-corrected chi connectivity index (χ4v) is 1.67. The van der Waals surface area contributed by atoms with Crippen LogP contribution in [0.4, 0.5) is 11.6 Å². The highest BCUT2D eigenvalue weighted by Crippen LogP contribution is 2.24. The number of rotatable bonds is 6. The first-order valence-corrected chi connectivity index (χ1v) is 6.77. The molecule has 0 atom stereocenters. The average molecular weight is 250 g/mol. The number of nitrogens with one attached hydrogen (secondary N) is 2. The third-order valence-corrected chi connectivity index (χ3v) is 3.24. The van der Waals surface area contributed by atoms with Gasteiger partial charge in [-0.15, -0.1) is 0 Å². The Morgan fingerprint density at radius 1 is 1.11 bits per heavy atom. The molecule has 1 aromatic heterocycles. The third-order valence-electron chi connectivity index (χ3n) is 3.24. The minimum Gasteiger partial charge on any atom is -0.373 e. The van der Waals surface area contributed by atoms with Gasteiger partial charge in [0.1, 0.15) is 17.5 Å². The Bertz CT molecular complexity index is 399. The van der Waals surface area contributed by atoms with Crippen LogP contribution in [-0.2, 0) is 6.42 Å². The third kappa shape index (κ3) is 3.59. The lowest BCUT2D eigenvalue weighted by molar-refractivity contribution is 0.543. The van der Waals surface area contributed by atoms with Crippen molar-refractivity contribution in [2.45, 2.75) is 59.4 Å². The minimum atomic E-state index is 0.0492. The zero-order valence-corrected chi connectivity index (χ0v) is 12.5. The van der Waals surface area contributed by atoms with Gasteiger partial charge in [0.2, 0.25) is 0 Å². The molecule has 0 aromatic carbocycles. The Balaban J connectivity index is 3.12. The van der Waals surface area contributed by atoms with E-state index in [4.69, 9.17) is 0 Å². The molecule has 4 nitrogen and oxygen atoms in total. The molecule has 1 heterocycles. The predicted molar refractivity (Wildman–Crippen MR) is 78.3 cm³/mol. The van der Waals surface area contributed by atoms with Crippen LogP contribution in [0.1, 0.15) is 51.9 Å². The number of aryl methyl sites for hydroxylation is 1. The van der Waals surface area contributed by atoms with Crippen molar-refractivity contribution in [1.29, 1.82) is 0 Å². The fourth-order valence-electron chi connectivity index (χ4n) is 1.67. The van der Waals surface area contributed by atoms with Gasteiger partial charge in [0.15, 0.2) is 0 Å². The second-order valence-corrected chi connectivity index (χ2v) is 5.32. The first kappa shape index (κ1) is 14.7. The summed E-state index contributed by atoms with van der Waals surface area (Å²) < 4.78 is 0. The maximum Gasteiger partial charge on any atom is 0.135 e. The molecule has 0 radical (unpaired) electrons. The van der Waals surface area contributed by atoms with Gasteiger partial charge in [-0.05, 0) is 33.6 Å². The molecule has 0 amide bonds. The van der Waals surface area contributed by atoms with Crippen LogP contribution in [0.2, 0.25) is 0 Å². The highest BCUT2D eigenvalue weighted by atomic mass is 15.1. The van der Waals surface area contributed by atoms with Gasteiger partial charge in [0.05, 0.1) is 0 Å². The van der Waals surface area contributed by atoms with Crippen molar-refractivity contribution < 1.29 is 0 Å². The maximum absolute atomic E-state index is 4.64. The van der Waals surface area contributed by atoms with E-state index in [-0.39, 0.29) is 5.54 Å². The molecule has 18 heavy (non-hydrogen) atoms. The summed E-state index contributed by atoms with van der Waals surface area (Å²) in [7, 11) is 1.90. The van der Waals surface area contributed by atoms with Gasteiger partial charge < -0.3 is 10.6 Å². The fraction of sp³-hybridized carbons (Fsp3) is 0.714. The van der Waals surface area contributed by atoms with Gasteiger partial charge in [0, 0.05) is 24.6 Å². The van der Waals surface area contributed by atoms with E-state index in [1.807, 2.05) is 7.05 Å². The molecule has 0 aliphatic rings. The number of hydrogen-bond acceptors (Lipinski definition) is 4. The molecule has 0 aliphatic heterocycles. The van der Waals surface area contributed by atoms with Crippen LogP contribution >= 0.6 is 0 Å². The van der Waals surface area contributed by atoms with Gasteiger partial charge in [0.25, 0.3) is 0 Å². The molecule has 0 spiro atoms. The van der Waals surface area contributed by atoms with Crippen LogP contribution in [0, 0.1) is 6.92 Å². The molecular formula is C14H26N4. The zero-order chi connectivity index (χ0) is 13.8. The molecule has 0 unspecified atom stereocenters. The van der Waals surface area contributed by atoms with E-state index >= 15 is 0 Å². The smallest absolute Gasteiger partial charge is 0.135 e. The van der Waals surface area contributed by atoms with E-state index in [0.717, 1.165) is 42.3 Å². The van der Waals surface area contributed by atoms with E-state index < -0.39 is 0 Å². The second-order valence-electron chi connectivity index (χ2n) is 5.32. The lowest BCUT2D eigenvalue weighted by atomic mass is 10.0. The molecule has 4 heteroatoms. The Morgan fingerprint density at radius 2 is 1.72 bits per heavy atom. The normalized spacial score (nSPS) is 11.4. The van der Waals surface area contributed by atoms with E-state index in [9.17, 15) is 0 Å². The van der Waals surface area contributed by atoms with E-state index in [1.54, 1.807) is 0 Å². The average Bonchev–Trinajstić information content (AvgIpc) is 2.33. The molecule has 0 saturated carbocycles. The number of anilines is 2. The van der Waals surface area contributed by atoms with Gasteiger partial charge >= 0.3 is 0 Å². The van der Waals surface area contributed by atoms with Gasteiger partial charge in [-0.25, -0.2) is 9.97 Å². The summed E-state index contributed by atoms with van der Waals surface area (Å²) in [4.78, 5) is 9.18. The SMILES string of the molecule is CCCc1nc(NC)c(C)c(NC(C)(C)CC)n1. The first-order valence-electron chi connectivity index (χ1n) is 6.77. The second kappa shape index (κ2) is 6.03. The Kier molecular flexibility index (Phi) is 4.93. The van der Waals surface area contributed by atoms with Crippen molar-refractivity contribution in [1.82, 2.24) is 9.97 Å². The van der Waals surface area contributed by atoms with Crippen molar-refractivity contribution in [3.63, 3.8) is 0 Å². The van der Waals surface area contributed by atoms with E-state index in [1.165, 1.54) is 0 Å². The predicted octanol–water partition coefficient (Wildman–Crippen LogP) is 3.38. The van der Waals surface area contributed by atoms with Gasteiger partial charge in [-0.3, -0.25) is 0 Å². The Labute approximate surface area is 111 Å². The molecule has 0 saturated heterocycles. The van der Waals surface area contributed by atoms with Crippen LogP contribution in [0.5, 0.6) is 0 Å². The van der Waals surface area contributed by atoms with Crippen LogP contribution in [0.15, 0.2) is 0 Å². The van der Waals surface area contributed by atoms with Crippen LogP contribution in [-0.4, -0.2) is 22.6 Å². The number of aromatic nitrogens is 2. The summed E-state index contributed by atoms with van der Waals surface area (Å²) in [6, 6.07) is 0. The molecule has 0 bridgehead atoms. The summed E-state index contributed by atoms with van der Waals surface area (Å²) in [5.74, 6) is 2.77. The summed E-state index contributed by atoms with van der Waals surface area (Å²) >= 11 is 0. The monoisotopic (exact) mass is 250 g/mol. The highest BCUT2D eigenvalue weighted by molar-refractivity contribution is 5.57. The number of nitrogens with zero attached hydrogens (tertiary/aromatic N) is 2. The first-order chi connectivity index (χ1) is 8.43. The number of hydrogen-bond donors (Lipinski definition) is 2. The van der Waals surface area contributed by atoms with E-state index in [2.05, 4.69) is 55.2 Å². The van der Waals surface area contributed by atoms with Crippen molar-refractivity contribution in [2.24, 2.45) is 0 Å². The molecule has 0 aliphatic carbocycles. The zero-order valence-electron chi connectivity index (χ0n) is 12.5. The van der Waals surface area contributed by atoms with Crippen LogP contribution in [0.25, 0.3) is 0 Å². The van der Waals surface area contributed by atoms with Gasteiger partial charge in [-0.1, -0.05) is 13.8 Å². The van der Waals surface area contributed by atoms with Crippen molar-refractivity contribution in [3.05, 3.63) is 11.4 Å². The van der Waals surface area contributed by atoms with Crippen molar-refractivity contribution >= 4 is 11.6 Å². The summed E-state index contributed by atoms with van der Waals surface area (Å²) in [5.41, 5.74) is 1.13. The molecule has 1 aromatic rings. The van der Waals surface area contributed by atoms with E-state index in [0.29, 0.717) is 0 Å². The van der Waals surface area contributed by atoms with Crippen LogP contribution < -0.4 is 10.6 Å². The standard InChI is InChI=1S/C14H26N4/c1-7-9-11-16-12(15-6)10(3)13(17-11)18-14(4,5)8-2/h7-9H2,1-6H3,(H2,15,16,17,18). The highest BCUT2D eigenvalue weighted by Gasteiger charge is 2.18. The molecule has 102 valence electrons. The largest absolute Gasteiger partial charge is 0.373 e. The van der Waals surface area contributed by atoms with Crippen LogP contribution in [0.3, 0.4) is 0 Å². The minimum absolute atomic E-state index is 0.0492. The molecule has 2 N–H and O–H groups in total. The molecule has 0 fully saturated rings. The topological polar surface area (TPSA) is 49.8 Å². The van der Waals surface area contributed by atoms with Gasteiger partial charge in [-0.2, -0.15) is 0 Å². The molecular weight excluding hydrogens is 224 g/mol. The summed E-state index contributed by atoms with van der Waals surface area (Å²) in [6.45, 7) is 10.7. The summed E-state index contributed by atoms with van der Waals surface area (Å²) in [6.07, 6.45) is 3.02. The lowest BCUT2D eigenvalue weighted by Gasteiger charge is -2.27. The summed E-state index contributed by atoms with van der Waals surface area (Å²) in [5, 5.41) is 6.67. The van der Waals surface area contributed by atoms with Crippen molar-refractivity contribution in [2.75, 3.05) is 17.7 Å². The Morgan fingerprint density at radius 3 is 2.22 bits per heavy atom. The quantitative estimate of drug-likeness (QED) is 0.812. The molecule has 1 rings (SSSR count). The maximum atomic E-state index is 4.64. The van der Waals surface area contributed by atoms with Crippen molar-refractivity contribution in [3.8, 4) is 0 Å². The Hall–Kier alpha value is -1.32. The lowest BCUT2D eigenvalue weighted by Crippen LogP contribution is -2.31.